The van der Waals surface area contributed by atoms with Gasteiger partial charge >= 0.3 is 0 Å². The molecule has 4 rings (SSSR count). The quantitative estimate of drug-likeness (QED) is 0.689. The first-order valence-corrected chi connectivity index (χ1v) is 8.92. The van der Waals surface area contributed by atoms with E-state index in [9.17, 15) is 9.18 Å². The maximum absolute atomic E-state index is 13.2. The van der Waals surface area contributed by atoms with Gasteiger partial charge in [0.05, 0.1) is 24.3 Å². The van der Waals surface area contributed by atoms with Crippen LogP contribution in [0.4, 0.5) is 4.39 Å². The normalized spacial score (nSPS) is 13.5. The highest BCUT2D eigenvalue weighted by Gasteiger charge is 2.24. The number of benzene rings is 1. The van der Waals surface area contributed by atoms with Crippen LogP contribution >= 0.6 is 11.6 Å². The second-order valence-corrected chi connectivity index (χ2v) is 6.89. The van der Waals surface area contributed by atoms with Crippen LogP contribution in [0.5, 0.6) is 5.88 Å². The zero-order valence-electron chi connectivity index (χ0n) is 14.7. The summed E-state index contributed by atoms with van der Waals surface area (Å²) in [5.74, 6) is 0.105. The van der Waals surface area contributed by atoms with Crippen LogP contribution in [-0.4, -0.2) is 31.7 Å². The number of hydrogen-bond acceptors (Lipinski definition) is 3. The van der Waals surface area contributed by atoms with Crippen LogP contribution in [0, 0.1) is 5.82 Å². The number of rotatable bonds is 4. The number of carbonyl (C=O) groups is 1. The van der Waals surface area contributed by atoms with Crippen molar-refractivity contribution < 1.29 is 13.9 Å². The van der Waals surface area contributed by atoms with Gasteiger partial charge < -0.3 is 14.2 Å². The third-order valence-corrected chi connectivity index (χ3v) is 4.91. The Bertz CT molecular complexity index is 978. The molecular formula is C19H18ClFN4O2. The lowest BCUT2D eigenvalue weighted by Gasteiger charge is -2.27. The van der Waals surface area contributed by atoms with Crippen molar-refractivity contribution in [1.29, 1.82) is 0 Å². The van der Waals surface area contributed by atoms with E-state index in [-0.39, 0.29) is 18.3 Å². The zero-order chi connectivity index (χ0) is 19.0. The molecule has 1 aliphatic rings. The summed E-state index contributed by atoms with van der Waals surface area (Å²) in [6, 6.07) is 9.75. The molecule has 0 saturated heterocycles. The molecule has 1 aliphatic heterocycles. The summed E-state index contributed by atoms with van der Waals surface area (Å²) in [6.45, 7) is 1.83. The predicted molar refractivity (Wildman–Crippen MR) is 98.1 cm³/mol. The fourth-order valence-electron chi connectivity index (χ4n) is 3.11. The Hall–Kier alpha value is -2.80. The molecule has 0 aliphatic carbocycles. The molecule has 0 unspecified atom stereocenters. The summed E-state index contributed by atoms with van der Waals surface area (Å²) in [4.78, 5) is 14.4. The number of aromatic nitrogens is 3. The Kier molecular flexibility index (Phi) is 4.61. The van der Waals surface area contributed by atoms with E-state index in [0.29, 0.717) is 36.2 Å². The van der Waals surface area contributed by atoms with E-state index in [2.05, 4.69) is 5.10 Å². The van der Waals surface area contributed by atoms with E-state index in [1.54, 1.807) is 40.9 Å². The number of aryl methyl sites for hydroxylation is 1. The molecule has 6 nitrogen and oxygen atoms in total. The highest BCUT2D eigenvalue weighted by Crippen LogP contribution is 2.22. The van der Waals surface area contributed by atoms with Crippen LogP contribution < -0.4 is 4.74 Å². The fraction of sp³-hybridized carbons (Fsp3) is 0.263. The maximum Gasteiger partial charge on any atom is 0.255 e. The van der Waals surface area contributed by atoms with E-state index >= 15 is 0 Å². The first-order valence-electron chi connectivity index (χ1n) is 8.55. The Morgan fingerprint density at radius 3 is 2.89 bits per heavy atom. The molecular weight excluding hydrogens is 371 g/mol. The second-order valence-electron chi connectivity index (χ2n) is 6.50. The number of nitrogens with zero attached hydrogens (tertiary/aromatic N) is 4. The number of amides is 1. The molecule has 1 aromatic carbocycles. The smallest absolute Gasteiger partial charge is 0.255 e. The molecule has 0 bridgehead atoms. The van der Waals surface area contributed by atoms with Gasteiger partial charge in [-0.1, -0.05) is 23.7 Å². The van der Waals surface area contributed by atoms with Gasteiger partial charge in [-0.15, -0.1) is 5.10 Å². The van der Waals surface area contributed by atoms with Crippen molar-refractivity contribution in [3.63, 3.8) is 0 Å². The van der Waals surface area contributed by atoms with Crippen LogP contribution in [0.15, 0.2) is 42.6 Å². The van der Waals surface area contributed by atoms with Gasteiger partial charge in [-0.2, -0.15) is 0 Å². The van der Waals surface area contributed by atoms with Crippen LogP contribution in [0.25, 0.3) is 0 Å². The van der Waals surface area contributed by atoms with E-state index < -0.39 is 0 Å². The second kappa shape index (κ2) is 7.08. The van der Waals surface area contributed by atoms with Crippen molar-refractivity contribution in [2.75, 3.05) is 6.54 Å². The standard InChI is InChI=1S/C19H18ClFN4O2/c1-23-10-14(8-17(23)20)19(26)24-5-6-25-16(11-24)9-18(22-25)27-12-13-3-2-4-15(21)7-13/h2-4,7-10H,5-6,11-12H2,1H3. The summed E-state index contributed by atoms with van der Waals surface area (Å²) < 4.78 is 22.5. The van der Waals surface area contributed by atoms with Gasteiger partial charge in [0.15, 0.2) is 0 Å². The minimum atomic E-state index is -0.296. The average molecular weight is 389 g/mol. The van der Waals surface area contributed by atoms with Gasteiger partial charge in [-0.3, -0.25) is 9.48 Å². The Balaban J connectivity index is 1.43. The van der Waals surface area contributed by atoms with Gasteiger partial charge in [0.1, 0.15) is 17.6 Å². The minimum absolute atomic E-state index is 0.0628. The molecule has 0 spiro atoms. The molecule has 27 heavy (non-hydrogen) atoms. The van der Waals surface area contributed by atoms with Crippen LogP contribution in [0.2, 0.25) is 5.15 Å². The molecule has 1 amide bonds. The number of halogens is 2. The molecule has 2 aromatic heterocycles. The van der Waals surface area contributed by atoms with Gasteiger partial charge in [-0.25, -0.2) is 4.39 Å². The molecule has 8 heteroatoms. The predicted octanol–water partition coefficient (Wildman–Crippen LogP) is 3.25. The topological polar surface area (TPSA) is 52.3 Å². The molecule has 3 aromatic rings. The Morgan fingerprint density at radius 2 is 2.15 bits per heavy atom. The highest BCUT2D eigenvalue weighted by molar-refractivity contribution is 6.30. The molecule has 0 N–H and O–H groups in total. The fourth-order valence-corrected chi connectivity index (χ4v) is 3.27. The van der Waals surface area contributed by atoms with Gasteiger partial charge in [-0.05, 0) is 23.8 Å². The third kappa shape index (κ3) is 3.68. The third-order valence-electron chi connectivity index (χ3n) is 4.53. The van der Waals surface area contributed by atoms with Crippen LogP contribution in [-0.2, 0) is 26.7 Å². The lowest BCUT2D eigenvalue weighted by molar-refractivity contribution is 0.0706. The molecule has 140 valence electrons. The molecule has 0 fully saturated rings. The molecule has 3 heterocycles. The minimum Gasteiger partial charge on any atom is -0.472 e. The maximum atomic E-state index is 13.2. The molecule has 0 radical (unpaired) electrons. The van der Waals surface area contributed by atoms with Gasteiger partial charge in [0, 0.05) is 25.9 Å². The van der Waals surface area contributed by atoms with Gasteiger partial charge in [0.25, 0.3) is 5.91 Å². The average Bonchev–Trinajstić information content (AvgIpc) is 3.21. The lowest BCUT2D eigenvalue weighted by atomic mass is 10.2. The summed E-state index contributed by atoms with van der Waals surface area (Å²) >= 11 is 6.03. The van der Waals surface area contributed by atoms with E-state index in [1.807, 2.05) is 10.7 Å². The largest absolute Gasteiger partial charge is 0.472 e. The van der Waals surface area contributed by atoms with Crippen molar-refractivity contribution in [3.8, 4) is 5.88 Å². The van der Waals surface area contributed by atoms with E-state index in [1.165, 1.54) is 12.1 Å². The number of hydrogen-bond donors (Lipinski definition) is 0. The summed E-state index contributed by atoms with van der Waals surface area (Å²) in [7, 11) is 1.80. The highest BCUT2D eigenvalue weighted by atomic mass is 35.5. The van der Waals surface area contributed by atoms with Crippen molar-refractivity contribution in [1.82, 2.24) is 19.2 Å². The van der Waals surface area contributed by atoms with Crippen molar-refractivity contribution in [2.45, 2.75) is 19.7 Å². The summed E-state index contributed by atoms with van der Waals surface area (Å²) in [5.41, 5.74) is 2.20. The Labute approximate surface area is 160 Å². The van der Waals surface area contributed by atoms with Crippen molar-refractivity contribution in [3.05, 3.63) is 70.4 Å². The number of ether oxygens (including phenoxy) is 1. The first-order chi connectivity index (χ1) is 13.0. The Morgan fingerprint density at radius 1 is 1.30 bits per heavy atom. The molecule has 0 atom stereocenters. The van der Waals surface area contributed by atoms with Crippen LogP contribution in [0.3, 0.4) is 0 Å². The van der Waals surface area contributed by atoms with Gasteiger partial charge in [0.2, 0.25) is 5.88 Å². The zero-order valence-corrected chi connectivity index (χ0v) is 15.5. The van der Waals surface area contributed by atoms with Crippen molar-refractivity contribution in [2.24, 2.45) is 7.05 Å². The van der Waals surface area contributed by atoms with E-state index in [4.69, 9.17) is 16.3 Å². The summed E-state index contributed by atoms with van der Waals surface area (Å²) in [5, 5.41) is 4.93. The van der Waals surface area contributed by atoms with E-state index in [0.717, 1.165) is 11.3 Å². The molecule has 0 saturated carbocycles. The van der Waals surface area contributed by atoms with Crippen molar-refractivity contribution >= 4 is 17.5 Å². The number of carbonyl (C=O) groups excluding carboxylic acids is 1. The lowest BCUT2D eigenvalue weighted by Crippen LogP contribution is -2.38. The first kappa shape index (κ1) is 17.6. The monoisotopic (exact) mass is 388 g/mol. The SMILES string of the molecule is Cn1cc(C(=O)N2CCn3nc(OCc4cccc(F)c4)cc3C2)cc1Cl. The van der Waals surface area contributed by atoms with Crippen LogP contribution in [0.1, 0.15) is 21.6 Å². The number of fused-ring (bicyclic) bond motifs is 1. The summed E-state index contributed by atoms with van der Waals surface area (Å²) in [6.07, 6.45) is 1.73.